The molecule has 0 spiro atoms. The molecule has 0 radical (unpaired) electrons. The SMILES string of the molecule is CCCCOC(=O)CC1C(=O)NCCN1C(=O)CNc1ccc(C(=O)NCCC)cc1. The standard InChI is InChI=1S/C22H32N4O5/c1-3-5-13-31-20(28)14-18-22(30)24-11-12-26(18)19(27)15-25-17-8-6-16(7-9-17)21(29)23-10-4-2/h6-9,18,25H,3-5,10-15H2,1-2H3,(H,23,29)(H,24,30). The molecule has 1 aliphatic heterocycles. The predicted molar refractivity (Wildman–Crippen MR) is 117 cm³/mol. The number of nitrogens with zero attached hydrogens (tertiary/aromatic N) is 1. The van der Waals surface area contributed by atoms with Gasteiger partial charge in [-0.2, -0.15) is 0 Å². The summed E-state index contributed by atoms with van der Waals surface area (Å²) in [6.07, 6.45) is 2.36. The smallest absolute Gasteiger partial charge is 0.308 e. The molecule has 2 rings (SSSR count). The van der Waals surface area contributed by atoms with Gasteiger partial charge in [-0.25, -0.2) is 0 Å². The topological polar surface area (TPSA) is 117 Å². The number of amides is 3. The van der Waals surface area contributed by atoms with Gasteiger partial charge in [-0.3, -0.25) is 19.2 Å². The molecular weight excluding hydrogens is 400 g/mol. The molecule has 1 fully saturated rings. The number of rotatable bonds is 11. The Morgan fingerprint density at radius 3 is 2.58 bits per heavy atom. The largest absolute Gasteiger partial charge is 0.466 e. The van der Waals surface area contributed by atoms with Crippen LogP contribution in [0.3, 0.4) is 0 Å². The summed E-state index contributed by atoms with van der Waals surface area (Å²) in [6.45, 7) is 5.54. The average Bonchev–Trinajstić information content (AvgIpc) is 2.77. The average molecular weight is 433 g/mol. The number of nitrogens with one attached hydrogen (secondary N) is 3. The highest BCUT2D eigenvalue weighted by atomic mass is 16.5. The van der Waals surface area contributed by atoms with Crippen molar-refractivity contribution in [1.82, 2.24) is 15.5 Å². The second-order valence-corrected chi connectivity index (χ2v) is 7.36. The number of unbranched alkanes of at least 4 members (excludes halogenated alkanes) is 1. The Balaban J connectivity index is 1.90. The number of hydrogen-bond acceptors (Lipinski definition) is 6. The molecule has 3 amide bonds. The highest BCUT2D eigenvalue weighted by molar-refractivity contribution is 5.95. The monoisotopic (exact) mass is 432 g/mol. The molecule has 0 bridgehead atoms. The fourth-order valence-corrected chi connectivity index (χ4v) is 3.12. The number of esters is 1. The molecule has 170 valence electrons. The van der Waals surface area contributed by atoms with E-state index in [2.05, 4.69) is 16.0 Å². The van der Waals surface area contributed by atoms with E-state index in [0.717, 1.165) is 19.3 Å². The molecule has 9 nitrogen and oxygen atoms in total. The van der Waals surface area contributed by atoms with Crippen LogP contribution in [-0.4, -0.2) is 67.4 Å². The van der Waals surface area contributed by atoms with E-state index in [1.165, 1.54) is 4.90 Å². The van der Waals surface area contributed by atoms with Gasteiger partial charge < -0.3 is 25.6 Å². The van der Waals surface area contributed by atoms with E-state index in [4.69, 9.17) is 4.74 Å². The lowest BCUT2D eigenvalue weighted by Crippen LogP contribution is -2.58. The third-order valence-corrected chi connectivity index (χ3v) is 4.90. The summed E-state index contributed by atoms with van der Waals surface area (Å²) in [7, 11) is 0. The Labute approximate surface area is 182 Å². The summed E-state index contributed by atoms with van der Waals surface area (Å²) < 4.78 is 5.14. The quantitative estimate of drug-likeness (QED) is 0.358. The molecule has 9 heteroatoms. The van der Waals surface area contributed by atoms with Gasteiger partial charge in [0.25, 0.3) is 5.91 Å². The maximum Gasteiger partial charge on any atom is 0.308 e. The molecule has 1 unspecified atom stereocenters. The lowest BCUT2D eigenvalue weighted by atomic mass is 10.1. The number of carbonyl (C=O) groups excluding carboxylic acids is 4. The number of ether oxygens (including phenoxy) is 1. The molecule has 1 saturated heterocycles. The fraction of sp³-hybridized carbons (Fsp3) is 0.545. The van der Waals surface area contributed by atoms with Crippen LogP contribution in [0.25, 0.3) is 0 Å². The zero-order valence-electron chi connectivity index (χ0n) is 18.2. The molecule has 1 aliphatic rings. The first-order valence-corrected chi connectivity index (χ1v) is 10.8. The van der Waals surface area contributed by atoms with Gasteiger partial charge in [0.05, 0.1) is 19.6 Å². The van der Waals surface area contributed by atoms with Crippen molar-refractivity contribution in [2.45, 2.75) is 45.6 Å². The molecule has 1 heterocycles. The number of benzene rings is 1. The number of piperazine rings is 1. The van der Waals surface area contributed by atoms with E-state index in [1.807, 2.05) is 13.8 Å². The first kappa shape index (κ1) is 24.2. The van der Waals surface area contributed by atoms with E-state index in [9.17, 15) is 19.2 Å². The Hall–Kier alpha value is -3.10. The molecule has 0 aromatic heterocycles. The zero-order chi connectivity index (χ0) is 22.6. The van der Waals surface area contributed by atoms with Crippen LogP contribution in [0, 0.1) is 0 Å². The van der Waals surface area contributed by atoms with Gasteiger partial charge in [0.15, 0.2) is 0 Å². The van der Waals surface area contributed by atoms with Crippen LogP contribution >= 0.6 is 0 Å². The van der Waals surface area contributed by atoms with Gasteiger partial charge in [-0.1, -0.05) is 20.3 Å². The maximum atomic E-state index is 12.7. The van der Waals surface area contributed by atoms with E-state index < -0.39 is 12.0 Å². The summed E-state index contributed by atoms with van der Waals surface area (Å²) in [5, 5.41) is 8.51. The van der Waals surface area contributed by atoms with Crippen molar-refractivity contribution in [2.24, 2.45) is 0 Å². The highest BCUT2D eigenvalue weighted by Crippen LogP contribution is 2.13. The Morgan fingerprint density at radius 1 is 1.16 bits per heavy atom. The van der Waals surface area contributed by atoms with Crippen LogP contribution in [0.1, 0.15) is 49.9 Å². The minimum atomic E-state index is -0.873. The molecule has 0 saturated carbocycles. The summed E-state index contributed by atoms with van der Waals surface area (Å²) in [5.41, 5.74) is 1.22. The van der Waals surface area contributed by atoms with E-state index in [-0.39, 0.29) is 30.7 Å². The lowest BCUT2D eigenvalue weighted by molar-refractivity contribution is -0.151. The van der Waals surface area contributed by atoms with Crippen LogP contribution in [0.4, 0.5) is 5.69 Å². The third-order valence-electron chi connectivity index (χ3n) is 4.90. The summed E-state index contributed by atoms with van der Waals surface area (Å²) in [4.78, 5) is 50.4. The molecule has 1 atom stereocenters. The molecule has 1 aromatic carbocycles. The van der Waals surface area contributed by atoms with Crippen LogP contribution in [0.2, 0.25) is 0 Å². The Bertz CT molecular complexity index is 766. The second kappa shape index (κ2) is 12.6. The van der Waals surface area contributed by atoms with Gasteiger partial charge in [-0.15, -0.1) is 0 Å². The fourth-order valence-electron chi connectivity index (χ4n) is 3.12. The van der Waals surface area contributed by atoms with Crippen molar-refractivity contribution < 1.29 is 23.9 Å². The molecule has 3 N–H and O–H groups in total. The zero-order valence-corrected chi connectivity index (χ0v) is 18.2. The molecule has 1 aromatic rings. The van der Waals surface area contributed by atoms with Crippen molar-refractivity contribution in [3.63, 3.8) is 0 Å². The van der Waals surface area contributed by atoms with Gasteiger partial charge in [0.2, 0.25) is 11.8 Å². The predicted octanol–water partition coefficient (Wildman–Crippen LogP) is 1.30. The third kappa shape index (κ3) is 7.58. The van der Waals surface area contributed by atoms with E-state index in [1.54, 1.807) is 24.3 Å². The lowest BCUT2D eigenvalue weighted by Gasteiger charge is -2.34. The summed E-state index contributed by atoms with van der Waals surface area (Å²) >= 11 is 0. The van der Waals surface area contributed by atoms with Crippen LogP contribution < -0.4 is 16.0 Å². The van der Waals surface area contributed by atoms with Crippen LogP contribution in [0.5, 0.6) is 0 Å². The number of hydrogen-bond donors (Lipinski definition) is 3. The van der Waals surface area contributed by atoms with Crippen molar-refractivity contribution in [3.8, 4) is 0 Å². The number of carbonyl (C=O) groups is 4. The second-order valence-electron chi connectivity index (χ2n) is 7.36. The Kier molecular flexibility index (Phi) is 9.80. The van der Waals surface area contributed by atoms with E-state index in [0.29, 0.717) is 37.5 Å². The molecular formula is C22H32N4O5. The Morgan fingerprint density at radius 2 is 1.90 bits per heavy atom. The molecule has 31 heavy (non-hydrogen) atoms. The minimum absolute atomic E-state index is 0.0317. The maximum absolute atomic E-state index is 12.7. The first-order chi connectivity index (χ1) is 15.0. The van der Waals surface area contributed by atoms with Gasteiger partial charge in [0, 0.05) is 30.9 Å². The van der Waals surface area contributed by atoms with Crippen molar-refractivity contribution >= 4 is 29.4 Å². The van der Waals surface area contributed by atoms with Gasteiger partial charge in [-0.05, 0) is 37.1 Å². The summed E-state index contributed by atoms with van der Waals surface area (Å²) in [5.74, 6) is -1.27. The minimum Gasteiger partial charge on any atom is -0.466 e. The summed E-state index contributed by atoms with van der Waals surface area (Å²) in [6, 6.07) is 5.93. The number of anilines is 1. The van der Waals surface area contributed by atoms with Gasteiger partial charge in [0.1, 0.15) is 6.04 Å². The van der Waals surface area contributed by atoms with Crippen LogP contribution in [0.15, 0.2) is 24.3 Å². The van der Waals surface area contributed by atoms with Crippen molar-refractivity contribution in [3.05, 3.63) is 29.8 Å². The van der Waals surface area contributed by atoms with Crippen LogP contribution in [-0.2, 0) is 19.1 Å². The molecule has 0 aliphatic carbocycles. The van der Waals surface area contributed by atoms with Gasteiger partial charge >= 0.3 is 5.97 Å². The normalized spacial score (nSPS) is 15.7. The highest BCUT2D eigenvalue weighted by Gasteiger charge is 2.34. The van der Waals surface area contributed by atoms with Crippen molar-refractivity contribution in [1.29, 1.82) is 0 Å². The van der Waals surface area contributed by atoms with Crippen molar-refractivity contribution in [2.75, 3.05) is 38.1 Å². The van der Waals surface area contributed by atoms with E-state index >= 15 is 0 Å². The first-order valence-electron chi connectivity index (χ1n) is 10.8.